The van der Waals surface area contributed by atoms with E-state index >= 15 is 0 Å². The molecular weight excluding hydrogens is 244 g/mol. The molecule has 0 bridgehead atoms. The minimum atomic E-state index is -1.08. The zero-order chi connectivity index (χ0) is 13.4. The number of aryl methyl sites for hydroxylation is 1. The maximum absolute atomic E-state index is 12.0. The molecule has 0 saturated carbocycles. The van der Waals surface area contributed by atoms with Gasteiger partial charge in [-0.3, -0.25) is 4.21 Å². The van der Waals surface area contributed by atoms with Crippen molar-refractivity contribution in [2.75, 3.05) is 5.75 Å². The summed E-state index contributed by atoms with van der Waals surface area (Å²) in [6, 6.07) is 7.69. The summed E-state index contributed by atoms with van der Waals surface area (Å²) in [5.74, 6) is 0.356. The molecule has 1 aromatic carbocycles. The third kappa shape index (κ3) is 5.78. The van der Waals surface area contributed by atoms with Crippen LogP contribution in [0.2, 0.25) is 0 Å². The van der Waals surface area contributed by atoms with Crippen molar-refractivity contribution in [3.63, 3.8) is 0 Å². The third-order valence-corrected chi connectivity index (χ3v) is 4.50. The molecule has 0 aliphatic rings. The molecule has 0 fully saturated rings. The van der Waals surface area contributed by atoms with Gasteiger partial charge in [0.05, 0.1) is 22.7 Å². The number of aliphatic hydroxyl groups is 1. The Kier molecular flexibility index (Phi) is 7.21. The van der Waals surface area contributed by atoms with E-state index in [4.69, 9.17) is 0 Å². The van der Waals surface area contributed by atoms with E-state index in [9.17, 15) is 9.32 Å². The van der Waals surface area contributed by atoms with Crippen LogP contribution in [0.15, 0.2) is 29.2 Å². The monoisotopic (exact) mass is 268 g/mol. The van der Waals surface area contributed by atoms with Crippen molar-refractivity contribution < 1.29 is 9.32 Å². The van der Waals surface area contributed by atoms with Gasteiger partial charge in [0.1, 0.15) is 0 Å². The van der Waals surface area contributed by atoms with Gasteiger partial charge in [-0.15, -0.1) is 0 Å². The molecule has 0 unspecified atom stereocenters. The van der Waals surface area contributed by atoms with Crippen molar-refractivity contribution in [1.82, 2.24) is 0 Å². The minimum absolute atomic E-state index is 0.356. The van der Waals surface area contributed by atoms with E-state index in [1.165, 1.54) is 12.8 Å². The summed E-state index contributed by atoms with van der Waals surface area (Å²) >= 11 is 0. The van der Waals surface area contributed by atoms with E-state index in [1.807, 2.05) is 31.2 Å². The van der Waals surface area contributed by atoms with Gasteiger partial charge in [0.25, 0.3) is 0 Å². The topological polar surface area (TPSA) is 37.3 Å². The fourth-order valence-electron chi connectivity index (χ4n) is 1.85. The highest BCUT2D eigenvalue weighted by Crippen LogP contribution is 2.12. The molecule has 1 aromatic rings. The van der Waals surface area contributed by atoms with Crippen LogP contribution in [0.25, 0.3) is 0 Å². The Balaban J connectivity index is 2.33. The van der Waals surface area contributed by atoms with Crippen molar-refractivity contribution in [2.24, 2.45) is 0 Å². The molecule has 3 heteroatoms. The van der Waals surface area contributed by atoms with Crippen molar-refractivity contribution >= 4 is 10.8 Å². The van der Waals surface area contributed by atoms with Crippen molar-refractivity contribution in [3.8, 4) is 0 Å². The fraction of sp³-hybridized carbons (Fsp3) is 0.600. The molecule has 2 atom stereocenters. The van der Waals surface area contributed by atoms with Crippen LogP contribution in [0.3, 0.4) is 0 Å². The molecule has 102 valence electrons. The van der Waals surface area contributed by atoms with Crippen LogP contribution in [0.4, 0.5) is 0 Å². The first-order chi connectivity index (χ1) is 8.63. The molecule has 0 spiro atoms. The first kappa shape index (κ1) is 15.4. The Morgan fingerprint density at radius 3 is 2.44 bits per heavy atom. The predicted octanol–water partition coefficient (Wildman–Crippen LogP) is 3.43. The zero-order valence-corrected chi connectivity index (χ0v) is 12.2. The van der Waals surface area contributed by atoms with E-state index in [0.717, 1.165) is 29.7 Å². The normalized spacial score (nSPS) is 14.4. The Bertz CT molecular complexity index is 359. The summed E-state index contributed by atoms with van der Waals surface area (Å²) in [4.78, 5) is 0.813. The summed E-state index contributed by atoms with van der Waals surface area (Å²) in [5.41, 5.74) is 1.16. The Morgan fingerprint density at radius 1 is 1.17 bits per heavy atom. The van der Waals surface area contributed by atoms with Gasteiger partial charge in [-0.25, -0.2) is 0 Å². The van der Waals surface area contributed by atoms with Gasteiger partial charge in [0.15, 0.2) is 0 Å². The fourth-order valence-corrected chi connectivity index (χ4v) is 3.00. The second-order valence-corrected chi connectivity index (χ2v) is 6.32. The van der Waals surface area contributed by atoms with Crippen molar-refractivity contribution in [1.29, 1.82) is 0 Å². The molecule has 0 aliphatic carbocycles. The average molecular weight is 268 g/mol. The van der Waals surface area contributed by atoms with Gasteiger partial charge >= 0.3 is 0 Å². The third-order valence-electron chi connectivity index (χ3n) is 3.02. The van der Waals surface area contributed by atoms with E-state index in [1.54, 1.807) is 0 Å². The number of hydrogen-bond donors (Lipinski definition) is 1. The number of benzene rings is 1. The number of unbranched alkanes of at least 4 members (excludes halogenated alkanes) is 3. The average Bonchev–Trinajstić information content (AvgIpc) is 2.35. The summed E-state index contributed by atoms with van der Waals surface area (Å²) in [7, 11) is -1.08. The molecule has 1 N–H and O–H groups in total. The molecule has 0 amide bonds. The number of hydrogen-bond acceptors (Lipinski definition) is 2. The molecular formula is C15H24O2S. The zero-order valence-electron chi connectivity index (χ0n) is 11.4. The van der Waals surface area contributed by atoms with Crippen LogP contribution in [0.5, 0.6) is 0 Å². The Morgan fingerprint density at radius 2 is 1.83 bits per heavy atom. The molecule has 1 rings (SSSR count). The van der Waals surface area contributed by atoms with Gasteiger partial charge in [0.2, 0.25) is 0 Å². The smallest absolute Gasteiger partial charge is 0.0659 e. The van der Waals surface area contributed by atoms with Gasteiger partial charge < -0.3 is 5.11 Å². The quantitative estimate of drug-likeness (QED) is 0.733. The maximum atomic E-state index is 12.0. The standard InChI is InChI=1S/C15H24O2S/c1-3-4-5-6-7-14(16)12-18(17)15-10-8-13(2)9-11-15/h8-11,14,16H,3-7,12H2,1-2H3/t14-,18+/m0/s1. The first-order valence-corrected chi connectivity index (χ1v) is 8.08. The largest absolute Gasteiger partial charge is 0.392 e. The minimum Gasteiger partial charge on any atom is -0.392 e. The van der Waals surface area contributed by atoms with E-state index in [-0.39, 0.29) is 0 Å². The highest BCUT2D eigenvalue weighted by molar-refractivity contribution is 7.85. The number of aliphatic hydroxyl groups excluding tert-OH is 1. The van der Waals surface area contributed by atoms with Gasteiger partial charge in [-0.1, -0.05) is 50.3 Å². The Hall–Kier alpha value is -0.670. The van der Waals surface area contributed by atoms with Crippen LogP contribution >= 0.6 is 0 Å². The molecule has 0 radical (unpaired) electrons. The van der Waals surface area contributed by atoms with Gasteiger partial charge in [-0.2, -0.15) is 0 Å². The van der Waals surface area contributed by atoms with Crippen molar-refractivity contribution in [3.05, 3.63) is 29.8 Å². The van der Waals surface area contributed by atoms with Crippen LogP contribution in [-0.4, -0.2) is 21.2 Å². The molecule has 0 heterocycles. The predicted molar refractivity (Wildman–Crippen MR) is 77.2 cm³/mol. The van der Waals surface area contributed by atoms with Crippen LogP contribution in [0, 0.1) is 6.92 Å². The lowest BCUT2D eigenvalue weighted by Gasteiger charge is -2.10. The van der Waals surface area contributed by atoms with E-state index in [2.05, 4.69) is 6.92 Å². The summed E-state index contributed by atoms with van der Waals surface area (Å²) in [6.07, 6.45) is 4.92. The highest BCUT2D eigenvalue weighted by atomic mass is 32.2. The highest BCUT2D eigenvalue weighted by Gasteiger charge is 2.10. The summed E-state index contributed by atoms with van der Waals surface area (Å²) in [6.45, 7) is 4.18. The molecule has 18 heavy (non-hydrogen) atoms. The lowest BCUT2D eigenvalue weighted by atomic mass is 10.1. The van der Waals surface area contributed by atoms with Gasteiger partial charge in [0, 0.05) is 4.90 Å². The van der Waals surface area contributed by atoms with Crippen molar-refractivity contribution in [2.45, 2.75) is 57.0 Å². The lowest BCUT2D eigenvalue weighted by molar-refractivity contribution is 0.184. The molecule has 2 nitrogen and oxygen atoms in total. The van der Waals surface area contributed by atoms with Crippen LogP contribution in [0.1, 0.15) is 44.6 Å². The second-order valence-electron chi connectivity index (χ2n) is 4.83. The summed E-state index contributed by atoms with van der Waals surface area (Å²) in [5, 5.41) is 9.84. The Labute approximate surface area is 113 Å². The SMILES string of the molecule is CCCCCC[C@H](O)C[S@@](=O)c1ccc(C)cc1. The molecule has 0 saturated heterocycles. The lowest BCUT2D eigenvalue weighted by Crippen LogP contribution is -2.16. The van der Waals surface area contributed by atoms with E-state index < -0.39 is 16.9 Å². The number of rotatable bonds is 8. The second kappa shape index (κ2) is 8.44. The van der Waals surface area contributed by atoms with E-state index in [0.29, 0.717) is 5.75 Å². The first-order valence-electron chi connectivity index (χ1n) is 6.76. The van der Waals surface area contributed by atoms with Gasteiger partial charge in [-0.05, 0) is 25.5 Å². The molecule has 0 aromatic heterocycles. The summed E-state index contributed by atoms with van der Waals surface area (Å²) < 4.78 is 12.0. The molecule has 0 aliphatic heterocycles. The maximum Gasteiger partial charge on any atom is 0.0659 e. The van der Waals surface area contributed by atoms with Crippen LogP contribution < -0.4 is 0 Å². The van der Waals surface area contributed by atoms with Crippen LogP contribution in [-0.2, 0) is 10.8 Å².